The third-order valence-corrected chi connectivity index (χ3v) is 8.69. The molecule has 0 N–H and O–H groups in total. The van der Waals surface area contributed by atoms with E-state index in [0.29, 0.717) is 0 Å². The summed E-state index contributed by atoms with van der Waals surface area (Å²) in [6, 6.07) is 2.54. The molecular formula is C38H72N+. The Kier molecular flexibility index (Phi) is 26.6. The molecule has 0 amide bonds. The quantitative estimate of drug-likeness (QED) is 0.0672. The highest BCUT2D eigenvalue weighted by Gasteiger charge is 2.09. The zero-order valence-corrected chi connectivity index (χ0v) is 27.4. The van der Waals surface area contributed by atoms with Crippen molar-refractivity contribution < 1.29 is 4.57 Å². The van der Waals surface area contributed by atoms with E-state index in [-0.39, 0.29) is 0 Å². The van der Waals surface area contributed by atoms with E-state index in [1.165, 1.54) is 193 Å². The lowest BCUT2D eigenvalue weighted by molar-refractivity contribution is -0.698. The molecule has 228 valence electrons. The maximum absolute atomic E-state index is 2.56. The van der Waals surface area contributed by atoms with Gasteiger partial charge in [-0.05, 0) is 38.2 Å². The van der Waals surface area contributed by atoms with Gasteiger partial charge >= 0.3 is 0 Å². The van der Waals surface area contributed by atoms with E-state index in [1.54, 1.807) is 11.1 Å². The Morgan fingerprint density at radius 1 is 0.359 bits per heavy atom. The number of hydrogen-bond donors (Lipinski definition) is 0. The van der Waals surface area contributed by atoms with E-state index in [4.69, 9.17) is 0 Å². The molecule has 1 nitrogen and oxygen atoms in total. The predicted molar refractivity (Wildman–Crippen MR) is 176 cm³/mol. The van der Waals surface area contributed by atoms with Gasteiger partial charge in [-0.3, -0.25) is 0 Å². The number of unbranched alkanes of at least 4 members (excludes halogenated alkanes) is 24. The molecule has 39 heavy (non-hydrogen) atoms. The highest BCUT2D eigenvalue weighted by atomic mass is 14.9. The largest absolute Gasteiger partial charge is 0.205 e. The van der Waals surface area contributed by atoms with Gasteiger partial charge in [-0.25, -0.2) is 4.57 Å². The summed E-state index contributed by atoms with van der Waals surface area (Å²) in [5.41, 5.74) is 3.19. The van der Waals surface area contributed by atoms with Crippen LogP contribution in [0.1, 0.15) is 205 Å². The highest BCUT2D eigenvalue weighted by Crippen LogP contribution is 2.15. The Bertz CT molecular complexity index is 587. The first-order valence-electron chi connectivity index (χ1n) is 18.3. The van der Waals surface area contributed by atoms with Crippen molar-refractivity contribution in [2.45, 2.75) is 214 Å². The van der Waals surface area contributed by atoms with Crippen LogP contribution < -0.4 is 4.57 Å². The Labute approximate surface area is 247 Å². The van der Waals surface area contributed by atoms with Crippen LogP contribution in [0.5, 0.6) is 0 Å². The van der Waals surface area contributed by atoms with Gasteiger partial charge in [0.05, 0.1) is 0 Å². The highest BCUT2D eigenvalue weighted by molar-refractivity contribution is 5.15. The van der Waals surface area contributed by atoms with Crippen molar-refractivity contribution in [3.63, 3.8) is 0 Å². The second-order valence-electron chi connectivity index (χ2n) is 12.8. The average molecular weight is 543 g/mol. The van der Waals surface area contributed by atoms with Crippen LogP contribution in [0.4, 0.5) is 0 Å². The molecule has 1 heterocycles. The molecule has 0 aromatic carbocycles. The molecule has 0 saturated heterocycles. The summed E-state index contributed by atoms with van der Waals surface area (Å²) in [6.07, 6.45) is 45.9. The molecule has 0 aliphatic carbocycles. The van der Waals surface area contributed by atoms with E-state index < -0.39 is 0 Å². The Morgan fingerprint density at radius 3 is 0.974 bits per heavy atom. The number of hydrogen-bond acceptors (Lipinski definition) is 0. The molecule has 0 spiro atoms. The van der Waals surface area contributed by atoms with Gasteiger partial charge in [0.2, 0.25) is 0 Å². The smallest absolute Gasteiger partial charge is 0.171 e. The van der Waals surface area contributed by atoms with Crippen LogP contribution in [-0.4, -0.2) is 0 Å². The second-order valence-corrected chi connectivity index (χ2v) is 12.8. The summed E-state index contributed by atoms with van der Waals surface area (Å²) in [7, 11) is 0. The number of pyridine rings is 1. The molecule has 1 rings (SSSR count). The van der Waals surface area contributed by atoms with Gasteiger partial charge in [0.25, 0.3) is 0 Å². The average Bonchev–Trinajstić information content (AvgIpc) is 2.94. The fourth-order valence-corrected chi connectivity index (χ4v) is 6.06. The normalized spacial score (nSPS) is 11.5. The first-order chi connectivity index (χ1) is 19.3. The minimum Gasteiger partial charge on any atom is -0.205 e. The van der Waals surface area contributed by atoms with Crippen molar-refractivity contribution in [3.05, 3.63) is 29.6 Å². The van der Waals surface area contributed by atoms with Gasteiger partial charge in [0, 0.05) is 17.5 Å². The van der Waals surface area contributed by atoms with Crippen molar-refractivity contribution in [3.8, 4) is 0 Å². The number of rotatable bonds is 30. The summed E-state index contributed by atoms with van der Waals surface area (Å²) in [4.78, 5) is 0. The fraction of sp³-hybridized carbons (Fsp3) is 0.868. The molecule has 0 unspecified atom stereocenters. The van der Waals surface area contributed by atoms with Gasteiger partial charge in [0.1, 0.15) is 6.54 Å². The Balaban J connectivity index is 2.24. The molecule has 0 atom stereocenters. The van der Waals surface area contributed by atoms with Crippen LogP contribution in [0, 0.1) is 0 Å². The van der Waals surface area contributed by atoms with Crippen molar-refractivity contribution in [2.24, 2.45) is 0 Å². The van der Waals surface area contributed by atoms with Gasteiger partial charge in [-0.1, -0.05) is 168 Å². The van der Waals surface area contributed by atoms with E-state index in [9.17, 15) is 0 Å². The molecule has 0 fully saturated rings. The minimum atomic E-state index is 1.21. The Morgan fingerprint density at radius 2 is 0.641 bits per heavy atom. The van der Waals surface area contributed by atoms with Crippen LogP contribution in [0.2, 0.25) is 0 Å². The van der Waals surface area contributed by atoms with Crippen LogP contribution in [0.25, 0.3) is 0 Å². The van der Waals surface area contributed by atoms with Crippen LogP contribution in [-0.2, 0) is 19.4 Å². The van der Waals surface area contributed by atoms with Gasteiger partial charge in [0.15, 0.2) is 12.4 Å². The van der Waals surface area contributed by atoms with Gasteiger partial charge < -0.3 is 0 Å². The van der Waals surface area contributed by atoms with Gasteiger partial charge in [-0.2, -0.15) is 0 Å². The summed E-state index contributed by atoms with van der Waals surface area (Å²) >= 11 is 0. The lowest BCUT2D eigenvalue weighted by Crippen LogP contribution is -2.34. The fourth-order valence-electron chi connectivity index (χ4n) is 6.06. The standard InChI is InChI=1S/C38H72N/c1-4-7-10-13-16-17-18-19-20-21-22-23-24-27-30-33-39-35-37(31-28-25-14-11-8-5-2)34-38(36-39)32-29-26-15-12-9-6-3/h34-36H,4-33H2,1-3H3/q+1. The van der Waals surface area contributed by atoms with Crippen LogP contribution in [0.3, 0.4) is 0 Å². The molecule has 1 heteroatoms. The molecule has 0 bridgehead atoms. The van der Waals surface area contributed by atoms with Gasteiger partial charge in [-0.15, -0.1) is 0 Å². The number of aromatic nitrogens is 1. The zero-order valence-electron chi connectivity index (χ0n) is 27.4. The maximum Gasteiger partial charge on any atom is 0.171 e. The van der Waals surface area contributed by atoms with Crippen LogP contribution in [0.15, 0.2) is 18.5 Å². The van der Waals surface area contributed by atoms with E-state index in [0.717, 1.165) is 0 Å². The number of nitrogens with zero attached hydrogens (tertiary/aromatic N) is 1. The molecule has 0 aliphatic heterocycles. The zero-order chi connectivity index (χ0) is 28.1. The first-order valence-corrected chi connectivity index (χ1v) is 18.3. The SMILES string of the molecule is CCCCCCCCCCCCCCCCC[n+]1cc(CCCCCCCC)cc(CCCCCCCC)c1. The lowest BCUT2D eigenvalue weighted by Gasteiger charge is -2.07. The van der Waals surface area contributed by atoms with Crippen molar-refractivity contribution in [1.82, 2.24) is 0 Å². The summed E-state index contributed by atoms with van der Waals surface area (Å²) in [6.45, 7) is 8.15. The predicted octanol–water partition coefficient (Wildman–Crippen LogP) is 12.7. The monoisotopic (exact) mass is 543 g/mol. The van der Waals surface area contributed by atoms with Crippen molar-refractivity contribution in [1.29, 1.82) is 0 Å². The molecule has 0 radical (unpaired) electrons. The molecule has 0 aliphatic rings. The first kappa shape index (κ1) is 36.2. The maximum atomic E-state index is 2.56. The van der Waals surface area contributed by atoms with E-state index >= 15 is 0 Å². The van der Waals surface area contributed by atoms with E-state index in [2.05, 4.69) is 43.8 Å². The third-order valence-electron chi connectivity index (χ3n) is 8.69. The molecular weight excluding hydrogens is 470 g/mol. The van der Waals surface area contributed by atoms with Crippen molar-refractivity contribution >= 4 is 0 Å². The topological polar surface area (TPSA) is 3.88 Å². The molecule has 1 aromatic heterocycles. The molecule has 0 saturated carbocycles. The summed E-state index contributed by atoms with van der Waals surface area (Å²) in [5, 5.41) is 0. The lowest BCUT2D eigenvalue weighted by atomic mass is 10.0. The van der Waals surface area contributed by atoms with Crippen LogP contribution >= 0.6 is 0 Å². The minimum absolute atomic E-state index is 1.21. The molecule has 1 aromatic rings. The summed E-state index contributed by atoms with van der Waals surface area (Å²) < 4.78 is 2.56. The second kappa shape index (κ2) is 28.7. The van der Waals surface area contributed by atoms with Crippen molar-refractivity contribution in [2.75, 3.05) is 0 Å². The third kappa shape index (κ3) is 23.5. The summed E-state index contributed by atoms with van der Waals surface area (Å²) in [5.74, 6) is 0. The van der Waals surface area contributed by atoms with E-state index in [1.807, 2.05) is 0 Å². The Hall–Kier alpha value is -0.850. The number of aryl methyl sites for hydroxylation is 3.